The van der Waals surface area contributed by atoms with Gasteiger partial charge in [0.05, 0.1) is 13.0 Å². The smallest absolute Gasteiger partial charge is 0.243 e. The van der Waals surface area contributed by atoms with Crippen molar-refractivity contribution in [3.8, 4) is 0 Å². The van der Waals surface area contributed by atoms with Crippen molar-refractivity contribution in [3.63, 3.8) is 0 Å². The Bertz CT molecular complexity index is 734. The van der Waals surface area contributed by atoms with E-state index in [0.29, 0.717) is 11.3 Å². The summed E-state index contributed by atoms with van der Waals surface area (Å²) in [7, 11) is 0. The monoisotopic (exact) mass is 378 g/mol. The number of rotatable bonds is 5. The highest BCUT2D eigenvalue weighted by atomic mass is 79.9. The molecule has 0 spiro atoms. The zero-order valence-electron chi connectivity index (χ0n) is 12.5. The second-order valence-electron chi connectivity index (χ2n) is 5.05. The lowest BCUT2D eigenvalue weighted by molar-refractivity contribution is -0.123. The van der Waals surface area contributed by atoms with E-state index < -0.39 is 11.7 Å². The summed E-state index contributed by atoms with van der Waals surface area (Å²) in [6, 6.07) is 11.5. The molecule has 0 heterocycles. The minimum atomic E-state index is -0.433. The number of nitrogens with one attached hydrogen (secondary N) is 2. The van der Waals surface area contributed by atoms with Crippen LogP contribution in [0.2, 0.25) is 0 Å². The maximum Gasteiger partial charge on any atom is 0.243 e. The summed E-state index contributed by atoms with van der Waals surface area (Å²) >= 11 is 3.35. The van der Waals surface area contributed by atoms with Crippen molar-refractivity contribution in [2.24, 2.45) is 0 Å². The number of benzene rings is 2. The minimum Gasteiger partial charge on any atom is -0.347 e. The molecule has 0 aliphatic heterocycles. The number of carbonyl (C=O) groups excluding carboxylic acids is 2. The molecule has 0 atom stereocenters. The number of amides is 2. The van der Waals surface area contributed by atoms with E-state index in [1.165, 1.54) is 6.07 Å². The Balaban J connectivity index is 1.84. The lowest BCUT2D eigenvalue weighted by Crippen LogP contribution is -2.34. The second kappa shape index (κ2) is 7.87. The van der Waals surface area contributed by atoms with Crippen LogP contribution in [0.1, 0.15) is 11.1 Å². The number of hydrogen-bond acceptors (Lipinski definition) is 2. The molecule has 2 rings (SSSR count). The molecular formula is C17H16BrFN2O2. The second-order valence-corrected chi connectivity index (χ2v) is 5.97. The topological polar surface area (TPSA) is 58.2 Å². The van der Waals surface area contributed by atoms with Crippen LogP contribution in [0.5, 0.6) is 0 Å². The maximum absolute atomic E-state index is 13.5. The van der Waals surface area contributed by atoms with E-state index in [9.17, 15) is 14.0 Å². The highest BCUT2D eigenvalue weighted by Gasteiger charge is 2.10. The molecule has 2 amide bonds. The van der Waals surface area contributed by atoms with Gasteiger partial charge in [0.25, 0.3) is 0 Å². The van der Waals surface area contributed by atoms with E-state index in [0.717, 1.165) is 10.0 Å². The van der Waals surface area contributed by atoms with Gasteiger partial charge < -0.3 is 10.6 Å². The summed E-state index contributed by atoms with van der Waals surface area (Å²) in [6.07, 6.45) is -0.0999. The fourth-order valence-electron chi connectivity index (χ4n) is 2.02. The van der Waals surface area contributed by atoms with Gasteiger partial charge in [-0.3, -0.25) is 9.59 Å². The third kappa shape index (κ3) is 5.17. The Hall–Kier alpha value is -2.21. The Labute approximate surface area is 142 Å². The Morgan fingerprint density at radius 3 is 2.57 bits per heavy atom. The molecule has 6 heteroatoms. The summed E-state index contributed by atoms with van der Waals surface area (Å²) in [6.45, 7) is 1.71. The van der Waals surface area contributed by atoms with Crippen molar-refractivity contribution < 1.29 is 14.0 Å². The van der Waals surface area contributed by atoms with E-state index in [1.807, 2.05) is 19.1 Å². The van der Waals surface area contributed by atoms with Gasteiger partial charge in [0.15, 0.2) is 0 Å². The minimum absolute atomic E-state index is 0.0999. The zero-order chi connectivity index (χ0) is 16.8. The van der Waals surface area contributed by atoms with Gasteiger partial charge >= 0.3 is 0 Å². The van der Waals surface area contributed by atoms with Crippen molar-refractivity contribution in [2.45, 2.75) is 13.3 Å². The molecule has 0 radical (unpaired) electrons. The number of carbonyl (C=O) groups is 2. The molecule has 0 aliphatic rings. The van der Waals surface area contributed by atoms with Crippen LogP contribution in [0.15, 0.2) is 46.9 Å². The van der Waals surface area contributed by atoms with Crippen LogP contribution >= 0.6 is 15.9 Å². The summed E-state index contributed by atoms with van der Waals surface area (Å²) in [5, 5.41) is 5.20. The third-order valence-electron chi connectivity index (χ3n) is 3.22. The molecule has 0 bridgehead atoms. The molecule has 0 fully saturated rings. The van der Waals surface area contributed by atoms with E-state index in [-0.39, 0.29) is 18.9 Å². The van der Waals surface area contributed by atoms with Crippen molar-refractivity contribution in [1.29, 1.82) is 0 Å². The molecule has 2 aromatic carbocycles. The van der Waals surface area contributed by atoms with Gasteiger partial charge in [0.1, 0.15) is 5.82 Å². The van der Waals surface area contributed by atoms with Crippen LogP contribution < -0.4 is 10.6 Å². The van der Waals surface area contributed by atoms with Crippen LogP contribution in [-0.2, 0) is 16.0 Å². The van der Waals surface area contributed by atoms with Gasteiger partial charge in [-0.15, -0.1) is 0 Å². The quantitative estimate of drug-likeness (QED) is 0.839. The van der Waals surface area contributed by atoms with E-state index in [1.54, 1.807) is 24.3 Å². The van der Waals surface area contributed by atoms with Crippen LogP contribution in [0.25, 0.3) is 0 Å². The predicted molar refractivity (Wildman–Crippen MR) is 90.6 cm³/mol. The van der Waals surface area contributed by atoms with Gasteiger partial charge in [0, 0.05) is 10.2 Å². The number of halogens is 2. The zero-order valence-corrected chi connectivity index (χ0v) is 14.1. The highest BCUT2D eigenvalue weighted by Crippen LogP contribution is 2.19. The molecule has 0 saturated heterocycles. The molecule has 0 saturated carbocycles. The first-order valence-electron chi connectivity index (χ1n) is 7.02. The van der Waals surface area contributed by atoms with Crippen molar-refractivity contribution in [2.75, 3.05) is 11.9 Å². The van der Waals surface area contributed by atoms with Crippen LogP contribution in [0.4, 0.5) is 10.1 Å². The van der Waals surface area contributed by atoms with Crippen molar-refractivity contribution in [3.05, 3.63) is 63.9 Å². The molecule has 2 aromatic rings. The lowest BCUT2D eigenvalue weighted by Gasteiger charge is -2.10. The first-order chi connectivity index (χ1) is 11.0. The Morgan fingerprint density at radius 2 is 1.87 bits per heavy atom. The standard InChI is InChI=1S/C17H16BrFN2O2/c1-11-8-13(18)6-7-15(11)21-17(23)10-20-16(22)9-12-4-2-3-5-14(12)19/h2-8H,9-10H2,1H3,(H,20,22)(H,21,23). The summed E-state index contributed by atoms with van der Waals surface area (Å²) in [5.41, 5.74) is 1.89. The van der Waals surface area contributed by atoms with Crippen molar-refractivity contribution >= 4 is 33.4 Å². The normalized spacial score (nSPS) is 10.2. The van der Waals surface area contributed by atoms with Crippen LogP contribution in [0, 0.1) is 12.7 Å². The number of anilines is 1. The van der Waals surface area contributed by atoms with Gasteiger partial charge in [-0.1, -0.05) is 34.1 Å². The van der Waals surface area contributed by atoms with Gasteiger partial charge in [-0.2, -0.15) is 0 Å². The molecule has 0 aromatic heterocycles. The van der Waals surface area contributed by atoms with Crippen LogP contribution in [0.3, 0.4) is 0 Å². The number of hydrogen-bond donors (Lipinski definition) is 2. The molecule has 0 aliphatic carbocycles. The van der Waals surface area contributed by atoms with E-state index >= 15 is 0 Å². The molecule has 23 heavy (non-hydrogen) atoms. The van der Waals surface area contributed by atoms with Gasteiger partial charge in [-0.25, -0.2) is 4.39 Å². The van der Waals surface area contributed by atoms with E-state index in [2.05, 4.69) is 26.6 Å². The third-order valence-corrected chi connectivity index (χ3v) is 3.71. The molecule has 2 N–H and O–H groups in total. The van der Waals surface area contributed by atoms with Gasteiger partial charge in [-0.05, 0) is 42.3 Å². The Morgan fingerprint density at radius 1 is 1.13 bits per heavy atom. The van der Waals surface area contributed by atoms with Crippen LogP contribution in [-0.4, -0.2) is 18.4 Å². The first-order valence-corrected chi connectivity index (χ1v) is 7.81. The Kier molecular flexibility index (Phi) is 5.87. The highest BCUT2D eigenvalue weighted by molar-refractivity contribution is 9.10. The SMILES string of the molecule is Cc1cc(Br)ccc1NC(=O)CNC(=O)Cc1ccccc1F. The average Bonchev–Trinajstić information content (AvgIpc) is 2.50. The molecular weight excluding hydrogens is 363 g/mol. The average molecular weight is 379 g/mol. The largest absolute Gasteiger partial charge is 0.347 e. The predicted octanol–water partition coefficient (Wildman–Crippen LogP) is 3.19. The molecule has 4 nitrogen and oxygen atoms in total. The summed E-state index contributed by atoms with van der Waals surface area (Å²) in [4.78, 5) is 23.6. The fourth-order valence-corrected chi connectivity index (χ4v) is 2.49. The van der Waals surface area contributed by atoms with E-state index in [4.69, 9.17) is 0 Å². The summed E-state index contributed by atoms with van der Waals surface area (Å²) < 4.78 is 14.4. The number of aryl methyl sites for hydroxylation is 1. The van der Waals surface area contributed by atoms with Crippen molar-refractivity contribution in [1.82, 2.24) is 5.32 Å². The summed E-state index contributed by atoms with van der Waals surface area (Å²) in [5.74, 6) is -1.17. The first kappa shape index (κ1) is 17.1. The molecule has 120 valence electrons. The maximum atomic E-state index is 13.5. The van der Waals surface area contributed by atoms with Gasteiger partial charge in [0.2, 0.25) is 11.8 Å². The lowest BCUT2D eigenvalue weighted by atomic mass is 10.1. The molecule has 0 unspecified atom stereocenters. The fraction of sp³-hybridized carbons (Fsp3) is 0.176.